The number of fused-ring (bicyclic) bond motifs is 1. The normalized spacial score (nSPS) is 11.0. The summed E-state index contributed by atoms with van der Waals surface area (Å²) in [7, 11) is 0. The number of aryl methyl sites for hydroxylation is 3. The third-order valence-corrected chi connectivity index (χ3v) is 4.20. The molecule has 3 aromatic rings. The van der Waals surface area contributed by atoms with Gasteiger partial charge in [-0.3, -0.25) is 13.9 Å². The van der Waals surface area contributed by atoms with Gasteiger partial charge in [-0.05, 0) is 43.7 Å². The number of hydrogen-bond acceptors (Lipinski definition) is 2. The number of amides is 1. The van der Waals surface area contributed by atoms with Crippen LogP contribution in [-0.4, -0.2) is 15.0 Å². The highest BCUT2D eigenvalue weighted by Crippen LogP contribution is 2.16. The molecule has 1 amide bonds. The molecule has 0 aliphatic rings. The standard InChI is InChI=1S/C19H20FN3O2/c1-3-22-16-6-4-5-7-17(16)23(19(22)25)11-10-18(24)21-15-12-13(2)8-9-14(15)20/h4-9,12H,3,10-11H2,1-2H3,(H,21,24). The molecule has 6 heteroatoms. The average molecular weight is 341 g/mol. The van der Waals surface area contributed by atoms with E-state index in [1.807, 2.05) is 38.1 Å². The van der Waals surface area contributed by atoms with E-state index in [4.69, 9.17) is 0 Å². The lowest BCUT2D eigenvalue weighted by Crippen LogP contribution is -2.25. The van der Waals surface area contributed by atoms with Crippen molar-refractivity contribution in [3.05, 3.63) is 64.3 Å². The average Bonchev–Trinajstić information content (AvgIpc) is 2.87. The van der Waals surface area contributed by atoms with E-state index in [0.29, 0.717) is 6.54 Å². The second-order valence-corrected chi connectivity index (χ2v) is 5.95. The highest BCUT2D eigenvalue weighted by molar-refractivity contribution is 5.91. The summed E-state index contributed by atoms with van der Waals surface area (Å²) in [5.74, 6) is -0.802. The summed E-state index contributed by atoms with van der Waals surface area (Å²) in [4.78, 5) is 24.7. The number of hydrogen-bond donors (Lipinski definition) is 1. The van der Waals surface area contributed by atoms with Crippen LogP contribution in [0.3, 0.4) is 0 Å². The van der Waals surface area contributed by atoms with Gasteiger partial charge in [0, 0.05) is 19.5 Å². The number of halogens is 1. The SMILES string of the molecule is CCn1c(=O)n(CCC(=O)Nc2cc(C)ccc2F)c2ccccc21. The monoisotopic (exact) mass is 341 g/mol. The van der Waals surface area contributed by atoms with Gasteiger partial charge >= 0.3 is 5.69 Å². The number of nitrogens with zero attached hydrogens (tertiary/aromatic N) is 2. The molecule has 1 aromatic heterocycles. The Hall–Kier alpha value is -2.89. The van der Waals surface area contributed by atoms with Crippen LogP contribution < -0.4 is 11.0 Å². The first kappa shape index (κ1) is 17.0. The lowest BCUT2D eigenvalue weighted by atomic mass is 10.2. The predicted octanol–water partition coefficient (Wildman–Crippen LogP) is 3.30. The molecule has 1 N–H and O–H groups in total. The summed E-state index contributed by atoms with van der Waals surface area (Å²) in [6, 6.07) is 12.0. The summed E-state index contributed by atoms with van der Waals surface area (Å²) in [6.07, 6.45) is 0.0883. The van der Waals surface area contributed by atoms with Crippen LogP contribution in [0.2, 0.25) is 0 Å². The number of aromatic nitrogens is 2. The van der Waals surface area contributed by atoms with Gasteiger partial charge in [-0.2, -0.15) is 0 Å². The zero-order chi connectivity index (χ0) is 18.0. The Kier molecular flexibility index (Phi) is 4.70. The van der Waals surface area contributed by atoms with Crippen molar-refractivity contribution in [3.63, 3.8) is 0 Å². The molecule has 2 aromatic carbocycles. The summed E-state index contributed by atoms with van der Waals surface area (Å²) in [6.45, 7) is 4.54. The molecule has 0 spiro atoms. The van der Waals surface area contributed by atoms with Crippen molar-refractivity contribution < 1.29 is 9.18 Å². The quantitative estimate of drug-likeness (QED) is 0.774. The smallest absolute Gasteiger partial charge is 0.324 e. The van der Waals surface area contributed by atoms with Gasteiger partial charge < -0.3 is 5.32 Å². The number of benzene rings is 2. The third-order valence-electron chi connectivity index (χ3n) is 4.20. The first-order valence-electron chi connectivity index (χ1n) is 8.25. The number of carbonyl (C=O) groups is 1. The molecule has 0 unspecified atom stereocenters. The molecule has 0 aliphatic heterocycles. The second kappa shape index (κ2) is 6.93. The fourth-order valence-corrected chi connectivity index (χ4v) is 2.96. The molecule has 3 rings (SSSR count). The van der Waals surface area contributed by atoms with Crippen molar-refractivity contribution in [2.45, 2.75) is 33.4 Å². The van der Waals surface area contributed by atoms with Crippen molar-refractivity contribution >= 4 is 22.6 Å². The van der Waals surface area contributed by atoms with Crippen LogP contribution in [0.5, 0.6) is 0 Å². The van der Waals surface area contributed by atoms with Crippen molar-refractivity contribution in [1.29, 1.82) is 0 Å². The van der Waals surface area contributed by atoms with Crippen LogP contribution in [0.15, 0.2) is 47.3 Å². The molecule has 0 atom stereocenters. The summed E-state index contributed by atoms with van der Waals surface area (Å²) in [5.41, 5.74) is 2.52. The van der Waals surface area contributed by atoms with E-state index in [9.17, 15) is 14.0 Å². The number of para-hydroxylation sites is 2. The Bertz CT molecular complexity index is 988. The third kappa shape index (κ3) is 3.33. The summed E-state index contributed by atoms with van der Waals surface area (Å²) < 4.78 is 17.0. The van der Waals surface area contributed by atoms with E-state index in [2.05, 4.69) is 5.32 Å². The molecule has 0 bridgehead atoms. The van der Waals surface area contributed by atoms with Gasteiger partial charge in [-0.15, -0.1) is 0 Å². The minimum atomic E-state index is -0.473. The van der Waals surface area contributed by atoms with Crippen LogP contribution in [-0.2, 0) is 17.9 Å². The van der Waals surface area contributed by atoms with Crippen LogP contribution in [0.25, 0.3) is 11.0 Å². The van der Waals surface area contributed by atoms with Crippen LogP contribution in [0.4, 0.5) is 10.1 Å². The van der Waals surface area contributed by atoms with Gasteiger partial charge in [0.25, 0.3) is 0 Å². The molecule has 5 nitrogen and oxygen atoms in total. The Morgan fingerprint density at radius 1 is 1.12 bits per heavy atom. The van der Waals surface area contributed by atoms with Gasteiger partial charge in [-0.25, -0.2) is 9.18 Å². The molecule has 0 saturated carbocycles. The Morgan fingerprint density at radius 3 is 2.48 bits per heavy atom. The molecule has 0 aliphatic carbocycles. The van der Waals surface area contributed by atoms with Gasteiger partial charge in [0.15, 0.2) is 0 Å². The highest BCUT2D eigenvalue weighted by atomic mass is 19.1. The van der Waals surface area contributed by atoms with Crippen molar-refractivity contribution in [2.75, 3.05) is 5.32 Å². The number of nitrogens with one attached hydrogen (secondary N) is 1. The van der Waals surface area contributed by atoms with Crippen molar-refractivity contribution in [2.24, 2.45) is 0 Å². The fraction of sp³-hybridized carbons (Fsp3) is 0.263. The Balaban J connectivity index is 1.79. The van der Waals surface area contributed by atoms with Gasteiger partial charge in [0.2, 0.25) is 5.91 Å². The van der Waals surface area contributed by atoms with E-state index < -0.39 is 5.82 Å². The lowest BCUT2D eigenvalue weighted by Gasteiger charge is -2.08. The number of imidazole rings is 1. The van der Waals surface area contributed by atoms with Crippen LogP contribution in [0, 0.1) is 12.7 Å². The zero-order valence-electron chi connectivity index (χ0n) is 14.3. The lowest BCUT2D eigenvalue weighted by molar-refractivity contribution is -0.116. The van der Waals surface area contributed by atoms with Crippen molar-refractivity contribution in [3.8, 4) is 0 Å². The first-order valence-corrected chi connectivity index (χ1v) is 8.25. The molecule has 1 heterocycles. The number of rotatable bonds is 5. The summed E-state index contributed by atoms with van der Waals surface area (Å²) >= 11 is 0. The number of anilines is 1. The Labute approximate surface area is 144 Å². The maximum atomic E-state index is 13.7. The van der Waals surface area contributed by atoms with E-state index in [0.717, 1.165) is 16.6 Å². The van der Waals surface area contributed by atoms with Crippen LogP contribution in [0.1, 0.15) is 18.9 Å². The minimum absolute atomic E-state index is 0.0883. The molecular weight excluding hydrogens is 321 g/mol. The van der Waals surface area contributed by atoms with Gasteiger partial charge in [-0.1, -0.05) is 18.2 Å². The van der Waals surface area contributed by atoms with E-state index in [-0.39, 0.29) is 30.2 Å². The first-order chi connectivity index (χ1) is 12.0. The number of carbonyl (C=O) groups excluding carboxylic acids is 1. The van der Waals surface area contributed by atoms with E-state index >= 15 is 0 Å². The predicted molar refractivity (Wildman–Crippen MR) is 96.3 cm³/mol. The molecule has 0 radical (unpaired) electrons. The largest absolute Gasteiger partial charge is 0.329 e. The van der Waals surface area contributed by atoms with E-state index in [1.165, 1.54) is 6.07 Å². The highest BCUT2D eigenvalue weighted by Gasteiger charge is 2.13. The van der Waals surface area contributed by atoms with Crippen molar-refractivity contribution in [1.82, 2.24) is 9.13 Å². The van der Waals surface area contributed by atoms with Gasteiger partial charge in [0.1, 0.15) is 5.82 Å². The zero-order valence-corrected chi connectivity index (χ0v) is 14.3. The topological polar surface area (TPSA) is 56.0 Å². The maximum absolute atomic E-state index is 13.7. The molecule has 25 heavy (non-hydrogen) atoms. The fourth-order valence-electron chi connectivity index (χ4n) is 2.96. The molecular formula is C19H20FN3O2. The van der Waals surface area contributed by atoms with Gasteiger partial charge in [0.05, 0.1) is 16.7 Å². The Morgan fingerprint density at radius 2 is 1.80 bits per heavy atom. The maximum Gasteiger partial charge on any atom is 0.329 e. The molecule has 0 saturated heterocycles. The van der Waals surface area contributed by atoms with E-state index in [1.54, 1.807) is 21.3 Å². The molecule has 130 valence electrons. The molecule has 0 fully saturated rings. The van der Waals surface area contributed by atoms with Crippen LogP contribution >= 0.6 is 0 Å². The minimum Gasteiger partial charge on any atom is -0.324 e. The second-order valence-electron chi connectivity index (χ2n) is 5.95. The summed E-state index contributed by atoms with van der Waals surface area (Å²) in [5, 5.41) is 2.57.